The van der Waals surface area contributed by atoms with Crippen molar-refractivity contribution in [2.45, 2.75) is 0 Å². The van der Waals surface area contributed by atoms with Gasteiger partial charge in [-0.3, -0.25) is 20.0 Å². The Morgan fingerprint density at radius 1 is 0.340 bits per heavy atom. The number of hydrogen-bond donors (Lipinski definition) is 2. The maximum absolute atomic E-state index is 10.2. The summed E-state index contributed by atoms with van der Waals surface area (Å²) in [6, 6.07) is 57.2. The van der Waals surface area contributed by atoms with Gasteiger partial charge < -0.3 is 4.40 Å². The molecule has 5 nitrogen and oxygen atoms in total. The number of benzene rings is 8. The summed E-state index contributed by atoms with van der Waals surface area (Å²) in [5.74, 6) is 0.676. The molecule has 0 aliphatic carbocycles. The highest BCUT2D eigenvalue weighted by Crippen LogP contribution is 2.46. The second kappa shape index (κ2) is 10.2. The first kappa shape index (κ1) is 28.5. The van der Waals surface area contributed by atoms with Gasteiger partial charge in [-0.2, -0.15) is 0 Å². The lowest BCUT2D eigenvalue weighted by Crippen LogP contribution is -2.20. The van der Waals surface area contributed by atoms with Gasteiger partial charge in [-0.05, 0) is 53.2 Å². The van der Waals surface area contributed by atoms with E-state index in [4.69, 9.17) is 0 Å². The Balaban J connectivity index is 1.20. The number of nitrogens with zero attached hydrogens (tertiary/aromatic N) is 3. The van der Waals surface area contributed by atoms with E-state index in [1.54, 1.807) is 0 Å². The number of para-hydroxylation sites is 4. The number of fused-ring (bicyclic) bond motifs is 14. The van der Waals surface area contributed by atoms with Crippen LogP contribution in [0.5, 0.6) is 0 Å². The first-order chi connectivity index (χ1) is 26.2. The van der Waals surface area contributed by atoms with Crippen LogP contribution >= 0.6 is 0 Å². The SMILES string of the molecule is N=C(c1ccccc1C(=N)n1c2cc3ccccc3cc2c2c3c4ccccc4n4c5ccccc5c(cc21)c34)n1c2ccccc2c2ccccc21. The summed E-state index contributed by atoms with van der Waals surface area (Å²) in [6.45, 7) is 0. The highest BCUT2D eigenvalue weighted by Gasteiger charge is 2.26. The van der Waals surface area contributed by atoms with E-state index < -0.39 is 0 Å². The predicted molar refractivity (Wildman–Crippen MR) is 222 cm³/mol. The van der Waals surface area contributed by atoms with Crippen LogP contribution < -0.4 is 0 Å². The van der Waals surface area contributed by atoms with Crippen LogP contribution in [0.15, 0.2) is 164 Å². The Kier molecular flexibility index (Phi) is 5.47. The molecule has 8 aromatic carbocycles. The van der Waals surface area contributed by atoms with Gasteiger partial charge in [0.2, 0.25) is 0 Å². The molecule has 0 fully saturated rings. The van der Waals surface area contributed by atoms with Gasteiger partial charge in [0.25, 0.3) is 0 Å². The Morgan fingerprint density at radius 2 is 0.792 bits per heavy atom. The number of aromatic nitrogens is 3. The lowest BCUT2D eigenvalue weighted by molar-refractivity contribution is 1.19. The molecule has 53 heavy (non-hydrogen) atoms. The number of nitrogens with one attached hydrogen (secondary N) is 2. The van der Waals surface area contributed by atoms with Gasteiger partial charge in [0.05, 0.1) is 38.6 Å². The number of rotatable bonds is 2. The fourth-order valence-corrected chi connectivity index (χ4v) is 9.24. The molecule has 0 radical (unpaired) electrons. The summed E-state index contributed by atoms with van der Waals surface area (Å²) in [5.41, 5.74) is 8.90. The van der Waals surface area contributed by atoms with Crippen molar-refractivity contribution in [2.24, 2.45) is 0 Å². The molecule has 246 valence electrons. The Morgan fingerprint density at radius 3 is 1.42 bits per heavy atom. The molecule has 0 atom stereocenters. The van der Waals surface area contributed by atoms with Crippen molar-refractivity contribution in [1.29, 1.82) is 10.8 Å². The van der Waals surface area contributed by atoms with Gasteiger partial charge >= 0.3 is 0 Å². The van der Waals surface area contributed by atoms with E-state index >= 15 is 0 Å². The van der Waals surface area contributed by atoms with Gasteiger partial charge in [0.15, 0.2) is 0 Å². The summed E-state index contributed by atoms with van der Waals surface area (Å²) in [6.07, 6.45) is 0. The third-order valence-electron chi connectivity index (χ3n) is 11.4. The van der Waals surface area contributed by atoms with E-state index in [2.05, 4.69) is 136 Å². The molecular weight excluding hydrogens is 647 g/mol. The van der Waals surface area contributed by atoms with E-state index in [1.165, 1.54) is 43.5 Å². The zero-order valence-electron chi connectivity index (χ0n) is 28.4. The summed E-state index contributed by atoms with van der Waals surface area (Å²) < 4.78 is 6.59. The molecule has 0 bridgehead atoms. The molecule has 4 heterocycles. The minimum absolute atomic E-state index is 0.336. The lowest BCUT2D eigenvalue weighted by Gasteiger charge is -2.16. The highest BCUT2D eigenvalue weighted by atomic mass is 15.1. The van der Waals surface area contributed by atoms with Gasteiger partial charge in [0.1, 0.15) is 11.7 Å². The molecule has 12 rings (SSSR count). The summed E-state index contributed by atoms with van der Waals surface area (Å²) in [4.78, 5) is 0. The van der Waals surface area contributed by atoms with Crippen LogP contribution in [0, 0.1) is 10.8 Å². The second-order valence-electron chi connectivity index (χ2n) is 14.1. The van der Waals surface area contributed by atoms with Crippen LogP contribution in [0.3, 0.4) is 0 Å². The van der Waals surface area contributed by atoms with Gasteiger partial charge in [0, 0.05) is 54.2 Å². The highest BCUT2D eigenvalue weighted by molar-refractivity contribution is 6.37. The number of hydrogen-bond acceptors (Lipinski definition) is 2. The zero-order chi connectivity index (χ0) is 34.9. The van der Waals surface area contributed by atoms with Crippen LogP contribution in [0.2, 0.25) is 0 Å². The van der Waals surface area contributed by atoms with Crippen molar-refractivity contribution >= 4 is 104 Å². The van der Waals surface area contributed by atoms with Crippen molar-refractivity contribution in [2.75, 3.05) is 0 Å². The van der Waals surface area contributed by atoms with Gasteiger partial charge in [-0.25, -0.2) is 0 Å². The van der Waals surface area contributed by atoms with Gasteiger partial charge in [-0.1, -0.05) is 121 Å². The second-order valence-corrected chi connectivity index (χ2v) is 14.1. The molecule has 0 saturated carbocycles. The molecule has 0 spiro atoms. The normalized spacial score (nSPS) is 12.3. The summed E-state index contributed by atoms with van der Waals surface area (Å²) >= 11 is 0. The smallest absolute Gasteiger partial charge is 0.138 e. The largest absolute Gasteiger partial charge is 0.308 e. The van der Waals surface area contributed by atoms with Crippen molar-refractivity contribution in [3.8, 4) is 0 Å². The minimum Gasteiger partial charge on any atom is -0.308 e. The predicted octanol–water partition coefficient (Wildman–Crippen LogP) is 12.0. The van der Waals surface area contributed by atoms with Crippen molar-refractivity contribution in [3.63, 3.8) is 0 Å². The molecule has 5 heteroatoms. The van der Waals surface area contributed by atoms with E-state index in [-0.39, 0.29) is 0 Å². The molecule has 0 aliphatic heterocycles. The summed E-state index contributed by atoms with van der Waals surface area (Å²) in [7, 11) is 0. The van der Waals surface area contributed by atoms with Crippen LogP contribution in [-0.4, -0.2) is 25.2 Å². The summed E-state index contributed by atoms with van der Waals surface area (Å²) in [5, 5.41) is 31.6. The Labute approximate surface area is 302 Å². The topological polar surface area (TPSA) is 62.0 Å². The first-order valence-corrected chi connectivity index (χ1v) is 18.0. The first-order valence-electron chi connectivity index (χ1n) is 18.0. The van der Waals surface area contributed by atoms with Crippen molar-refractivity contribution in [1.82, 2.24) is 13.5 Å². The average Bonchev–Trinajstić information content (AvgIpc) is 3.93. The van der Waals surface area contributed by atoms with Crippen molar-refractivity contribution < 1.29 is 0 Å². The van der Waals surface area contributed by atoms with E-state index in [0.717, 1.165) is 49.0 Å². The van der Waals surface area contributed by atoms with Crippen molar-refractivity contribution in [3.05, 3.63) is 175 Å². The Bertz CT molecular complexity index is 3500. The lowest BCUT2D eigenvalue weighted by atomic mass is 10.0. The fraction of sp³-hybridized carbons (Fsp3) is 0. The third-order valence-corrected chi connectivity index (χ3v) is 11.4. The molecule has 12 aromatic rings. The standard InChI is InChI=1S/C48H29N5/c49-47(52-39-22-10-5-15-30(39)31-16-6-11-23-40(31)52)33-18-3-4-19-34(33)48(50)53-42-26-29-14-2-1-13-28(29)25-37(42)44-43(53)27-36-32-17-7-9-21-38(32)51-41-24-12-8-20-35(41)45(44)46(36)51/h1-27,49-50H. The van der Waals surface area contributed by atoms with Gasteiger partial charge in [-0.15, -0.1) is 0 Å². The van der Waals surface area contributed by atoms with Crippen LogP contribution in [-0.2, 0) is 0 Å². The maximum atomic E-state index is 10.2. The van der Waals surface area contributed by atoms with E-state index in [9.17, 15) is 10.8 Å². The molecule has 2 N–H and O–H groups in total. The molecule has 0 unspecified atom stereocenters. The molecule has 4 aromatic heterocycles. The maximum Gasteiger partial charge on any atom is 0.138 e. The zero-order valence-corrected chi connectivity index (χ0v) is 28.4. The Hall–Kier alpha value is -7.24. The fourth-order valence-electron chi connectivity index (χ4n) is 9.24. The van der Waals surface area contributed by atoms with Crippen LogP contribution in [0.25, 0.3) is 92.5 Å². The molecule has 0 saturated heterocycles. The van der Waals surface area contributed by atoms with Crippen LogP contribution in [0.1, 0.15) is 11.1 Å². The average molecular weight is 676 g/mol. The molecular formula is C48H29N5. The third kappa shape index (κ3) is 3.60. The van der Waals surface area contributed by atoms with E-state index in [0.29, 0.717) is 22.8 Å². The molecule has 0 amide bonds. The van der Waals surface area contributed by atoms with Crippen LogP contribution in [0.4, 0.5) is 0 Å². The monoisotopic (exact) mass is 675 g/mol. The molecule has 0 aliphatic rings. The minimum atomic E-state index is 0.336. The van der Waals surface area contributed by atoms with E-state index in [1.807, 2.05) is 41.0 Å². The quantitative estimate of drug-likeness (QED) is 0.135.